The average Bonchev–Trinajstić information content (AvgIpc) is 3.19. The van der Waals surface area contributed by atoms with E-state index in [2.05, 4.69) is 0 Å². The van der Waals surface area contributed by atoms with Gasteiger partial charge in [0.15, 0.2) is 5.78 Å². The quantitative estimate of drug-likeness (QED) is 0.262. The number of benzene rings is 4. The van der Waals surface area contributed by atoms with E-state index in [9.17, 15) is 18.4 Å². The molecule has 0 radical (unpaired) electrons. The number of nitrogens with zero attached hydrogens (tertiary/aromatic N) is 1. The summed E-state index contributed by atoms with van der Waals surface area (Å²) in [6, 6.07) is 22.4. The van der Waals surface area contributed by atoms with Crippen LogP contribution in [0, 0.1) is 17.5 Å². The second-order valence-corrected chi connectivity index (χ2v) is 10.00. The highest BCUT2D eigenvalue weighted by Crippen LogP contribution is 2.37. The van der Waals surface area contributed by atoms with E-state index >= 15 is 4.39 Å². The summed E-state index contributed by atoms with van der Waals surface area (Å²) in [4.78, 5) is 28.8. The molecule has 0 saturated carbocycles. The van der Waals surface area contributed by atoms with Gasteiger partial charge in [0.05, 0.1) is 12.3 Å². The minimum Gasteiger partial charge on any atom is -0.361 e. The van der Waals surface area contributed by atoms with Crippen LogP contribution in [-0.4, -0.2) is 23.3 Å². The van der Waals surface area contributed by atoms with Crippen LogP contribution in [0.15, 0.2) is 91.0 Å². The van der Waals surface area contributed by atoms with Gasteiger partial charge in [-0.25, -0.2) is 13.2 Å². The van der Waals surface area contributed by atoms with Crippen molar-refractivity contribution in [3.05, 3.63) is 125 Å². The van der Waals surface area contributed by atoms with E-state index in [0.29, 0.717) is 17.3 Å². The highest BCUT2D eigenvalue weighted by atomic mass is 19.1. The summed E-state index contributed by atoms with van der Waals surface area (Å²) in [6.45, 7) is 3.47. The van der Waals surface area contributed by atoms with E-state index < -0.39 is 35.0 Å². The zero-order chi connectivity index (χ0) is 27.7. The molecule has 198 valence electrons. The first kappa shape index (κ1) is 26.4. The third-order valence-corrected chi connectivity index (χ3v) is 6.89. The Morgan fingerprint density at radius 2 is 1.49 bits per heavy atom. The van der Waals surface area contributed by atoms with Crippen molar-refractivity contribution in [1.82, 2.24) is 0 Å². The number of carbonyl (C=O) groups is 2. The lowest BCUT2D eigenvalue weighted by Gasteiger charge is -2.33. The molecule has 4 nitrogen and oxygen atoms in total. The van der Waals surface area contributed by atoms with Crippen LogP contribution in [0.1, 0.15) is 35.3 Å². The van der Waals surface area contributed by atoms with Gasteiger partial charge >= 0.3 is 0 Å². The third-order valence-electron chi connectivity index (χ3n) is 6.89. The highest BCUT2D eigenvalue weighted by Gasteiger charge is 2.46. The first-order valence-electron chi connectivity index (χ1n) is 12.5. The number of para-hydroxylation sites is 1. The number of ketones is 1. The van der Waals surface area contributed by atoms with Crippen molar-refractivity contribution in [3.63, 3.8) is 0 Å². The van der Waals surface area contributed by atoms with Crippen LogP contribution < -0.4 is 4.90 Å². The third kappa shape index (κ3) is 5.22. The molecule has 39 heavy (non-hydrogen) atoms. The summed E-state index contributed by atoms with van der Waals surface area (Å²) < 4.78 is 49.4. The largest absolute Gasteiger partial charge is 0.361 e. The number of Topliss-reactive ketones (excluding diaryl/α,β-unsaturated/α-hetero) is 1. The zero-order valence-electron chi connectivity index (χ0n) is 21.5. The second kappa shape index (κ2) is 10.5. The number of rotatable bonds is 7. The molecule has 7 heteroatoms. The molecule has 0 saturated heterocycles. The first-order valence-corrected chi connectivity index (χ1v) is 12.5. The summed E-state index contributed by atoms with van der Waals surface area (Å²) in [5, 5.41) is 0. The monoisotopic (exact) mass is 529 g/mol. The Bertz CT molecular complexity index is 1530. The van der Waals surface area contributed by atoms with Crippen molar-refractivity contribution in [2.45, 2.75) is 38.5 Å². The summed E-state index contributed by atoms with van der Waals surface area (Å²) in [6.07, 6.45) is -0.133. The molecular weight excluding hydrogens is 503 g/mol. The van der Waals surface area contributed by atoms with Gasteiger partial charge in [0.1, 0.15) is 29.1 Å². The van der Waals surface area contributed by atoms with Gasteiger partial charge < -0.3 is 4.74 Å². The molecule has 0 spiro atoms. The van der Waals surface area contributed by atoms with Crippen molar-refractivity contribution < 1.29 is 27.5 Å². The lowest BCUT2D eigenvalue weighted by molar-refractivity contribution is -0.141. The predicted molar refractivity (Wildman–Crippen MR) is 143 cm³/mol. The van der Waals surface area contributed by atoms with Gasteiger partial charge in [0.2, 0.25) is 0 Å². The molecule has 1 aliphatic rings. The number of carbonyl (C=O) groups excluding carboxylic acids is 2. The molecule has 0 bridgehead atoms. The summed E-state index contributed by atoms with van der Waals surface area (Å²) >= 11 is 0. The van der Waals surface area contributed by atoms with Crippen molar-refractivity contribution in [2.24, 2.45) is 0 Å². The zero-order valence-corrected chi connectivity index (χ0v) is 21.5. The Morgan fingerprint density at radius 1 is 0.846 bits per heavy atom. The van der Waals surface area contributed by atoms with Gasteiger partial charge in [-0.3, -0.25) is 14.5 Å². The van der Waals surface area contributed by atoms with Gasteiger partial charge in [-0.1, -0.05) is 60.7 Å². The van der Waals surface area contributed by atoms with Gasteiger partial charge in [0.25, 0.3) is 5.91 Å². The number of anilines is 1. The van der Waals surface area contributed by atoms with Gasteiger partial charge in [0, 0.05) is 23.6 Å². The van der Waals surface area contributed by atoms with E-state index in [4.69, 9.17) is 4.74 Å². The lowest BCUT2D eigenvalue weighted by atomic mass is 9.95. The number of hydrogen-bond donors (Lipinski definition) is 0. The topological polar surface area (TPSA) is 46.6 Å². The standard InChI is InChI=1S/C32H26F3NO3/c1-32(2,39-19-20-9-4-3-5-10-20)31(38)36-27-14-7-6-12-26(27)30(37)28(36)17-21-11-8-13-25(29(21)35)22-15-23(33)18-24(34)16-22/h3-16,18,28H,17,19H2,1-2H3. The van der Waals surface area contributed by atoms with Gasteiger partial charge in [-0.05, 0) is 54.8 Å². The maximum atomic E-state index is 15.7. The van der Waals surface area contributed by atoms with Crippen LogP contribution in [0.2, 0.25) is 0 Å². The predicted octanol–water partition coefficient (Wildman–Crippen LogP) is 6.91. The van der Waals surface area contributed by atoms with Crippen LogP contribution >= 0.6 is 0 Å². The Labute approximate surface area is 224 Å². The molecule has 1 amide bonds. The maximum absolute atomic E-state index is 15.7. The van der Waals surface area contributed by atoms with Crippen molar-refractivity contribution in [1.29, 1.82) is 0 Å². The molecule has 1 aliphatic heterocycles. The van der Waals surface area contributed by atoms with Crippen LogP contribution in [0.25, 0.3) is 11.1 Å². The molecule has 0 aromatic heterocycles. The lowest BCUT2D eigenvalue weighted by Crippen LogP contribution is -2.51. The molecule has 0 N–H and O–H groups in total. The Kier molecular flexibility index (Phi) is 7.10. The second-order valence-electron chi connectivity index (χ2n) is 10.00. The SMILES string of the molecule is CC(C)(OCc1ccccc1)C(=O)N1c2ccccc2C(=O)C1Cc1cccc(-c2cc(F)cc(F)c2)c1F. The van der Waals surface area contributed by atoms with Crippen LogP contribution in [0.4, 0.5) is 18.9 Å². The van der Waals surface area contributed by atoms with Crippen LogP contribution in [0.3, 0.4) is 0 Å². The number of hydrogen-bond acceptors (Lipinski definition) is 3. The van der Waals surface area contributed by atoms with E-state index in [1.54, 1.807) is 44.2 Å². The van der Waals surface area contributed by atoms with Crippen molar-refractivity contribution in [3.8, 4) is 11.1 Å². The van der Waals surface area contributed by atoms with Crippen molar-refractivity contribution in [2.75, 3.05) is 4.90 Å². The molecule has 5 rings (SSSR count). The number of halogens is 3. The molecule has 0 fully saturated rings. The van der Waals surface area contributed by atoms with Gasteiger partial charge in [-0.15, -0.1) is 0 Å². The minimum atomic E-state index is -1.30. The van der Waals surface area contributed by atoms with E-state index in [1.807, 2.05) is 30.3 Å². The maximum Gasteiger partial charge on any atom is 0.259 e. The Hall–Kier alpha value is -4.23. The van der Waals surface area contributed by atoms with Crippen LogP contribution in [0.5, 0.6) is 0 Å². The molecule has 4 aromatic rings. The summed E-state index contributed by atoms with van der Waals surface area (Å²) in [7, 11) is 0. The average molecular weight is 530 g/mol. The molecule has 1 unspecified atom stereocenters. The fourth-order valence-electron chi connectivity index (χ4n) is 4.86. The smallest absolute Gasteiger partial charge is 0.259 e. The van der Waals surface area contributed by atoms with E-state index in [-0.39, 0.29) is 35.5 Å². The van der Waals surface area contributed by atoms with Crippen LogP contribution in [-0.2, 0) is 22.6 Å². The Balaban J connectivity index is 1.48. The van der Waals surface area contributed by atoms with E-state index in [1.165, 1.54) is 17.0 Å². The van der Waals surface area contributed by atoms with Gasteiger partial charge in [-0.2, -0.15) is 0 Å². The highest BCUT2D eigenvalue weighted by molar-refractivity contribution is 6.19. The molecule has 1 heterocycles. The summed E-state index contributed by atoms with van der Waals surface area (Å²) in [5.41, 5.74) is 0.556. The van der Waals surface area contributed by atoms with Crippen molar-refractivity contribution >= 4 is 17.4 Å². The molecular formula is C32H26F3NO3. The Morgan fingerprint density at radius 3 is 2.21 bits per heavy atom. The summed E-state index contributed by atoms with van der Waals surface area (Å²) in [5.74, 6) is -3.13. The molecule has 1 atom stereocenters. The molecule has 4 aromatic carbocycles. The number of ether oxygens (including phenoxy) is 1. The van der Waals surface area contributed by atoms with E-state index in [0.717, 1.165) is 17.7 Å². The minimum absolute atomic E-state index is 0.00161. The first-order chi connectivity index (χ1) is 18.7. The number of fused-ring (bicyclic) bond motifs is 1. The number of amides is 1. The fraction of sp³-hybridized carbons (Fsp3) is 0.188. The fourth-order valence-corrected chi connectivity index (χ4v) is 4.86. The normalized spacial score (nSPS) is 14.9. The molecule has 0 aliphatic carbocycles.